The van der Waals surface area contributed by atoms with Crippen molar-refractivity contribution in [2.75, 3.05) is 46.5 Å². The summed E-state index contributed by atoms with van der Waals surface area (Å²) in [4.78, 5) is 16.9. The molecule has 5 heteroatoms. The minimum absolute atomic E-state index is 0.128. The van der Waals surface area contributed by atoms with Gasteiger partial charge in [0.25, 0.3) is 5.91 Å². The number of hydrogen-bond acceptors (Lipinski definition) is 4. The number of unbranched alkanes of at least 4 members (excludes halogenated alkanes) is 1. The van der Waals surface area contributed by atoms with Crippen LogP contribution < -0.4 is 0 Å². The second-order valence-corrected chi connectivity index (χ2v) is 7.08. The van der Waals surface area contributed by atoms with E-state index in [4.69, 9.17) is 9.47 Å². The molecule has 2 saturated heterocycles. The first kappa shape index (κ1) is 18.7. The van der Waals surface area contributed by atoms with Crippen molar-refractivity contribution in [2.24, 2.45) is 5.92 Å². The molecule has 1 amide bonds. The molecule has 0 aromatic carbocycles. The quantitative estimate of drug-likeness (QED) is 0.641. The second kappa shape index (κ2) is 9.60. The highest BCUT2D eigenvalue weighted by atomic mass is 16.5. The minimum atomic E-state index is -0.319. The van der Waals surface area contributed by atoms with Gasteiger partial charge in [0.2, 0.25) is 0 Å². The molecule has 134 valence electrons. The van der Waals surface area contributed by atoms with Crippen LogP contribution in [0.25, 0.3) is 0 Å². The molecule has 2 fully saturated rings. The predicted octanol–water partition coefficient (Wildman–Crippen LogP) is 2.15. The molecule has 2 aliphatic heterocycles. The van der Waals surface area contributed by atoms with Crippen LogP contribution in [0.15, 0.2) is 0 Å². The molecule has 0 unspecified atom stereocenters. The lowest BCUT2D eigenvalue weighted by molar-refractivity contribution is -0.144. The molecule has 0 N–H and O–H groups in total. The first-order valence-electron chi connectivity index (χ1n) is 9.30. The molecule has 23 heavy (non-hydrogen) atoms. The van der Waals surface area contributed by atoms with Crippen molar-refractivity contribution >= 4 is 5.91 Å². The summed E-state index contributed by atoms with van der Waals surface area (Å²) >= 11 is 0. The Bertz CT molecular complexity index is 350. The van der Waals surface area contributed by atoms with E-state index in [-0.39, 0.29) is 12.0 Å². The fourth-order valence-electron chi connectivity index (χ4n) is 3.52. The number of piperidine rings is 1. The average Bonchev–Trinajstić information content (AvgIpc) is 3.07. The van der Waals surface area contributed by atoms with Crippen LogP contribution in [-0.4, -0.2) is 74.4 Å². The molecule has 0 aromatic rings. The Kier molecular flexibility index (Phi) is 7.80. The lowest BCUT2D eigenvalue weighted by Gasteiger charge is -2.38. The van der Waals surface area contributed by atoms with Gasteiger partial charge >= 0.3 is 0 Å². The molecule has 0 radical (unpaired) electrons. The zero-order valence-corrected chi connectivity index (χ0v) is 15.1. The van der Waals surface area contributed by atoms with Crippen LogP contribution in [0, 0.1) is 5.92 Å². The highest BCUT2D eigenvalue weighted by Gasteiger charge is 2.29. The van der Waals surface area contributed by atoms with Crippen LogP contribution in [0.2, 0.25) is 0 Å². The van der Waals surface area contributed by atoms with E-state index >= 15 is 0 Å². The maximum Gasteiger partial charge on any atom is 0.251 e. The molecule has 0 aliphatic carbocycles. The lowest BCUT2D eigenvalue weighted by atomic mass is 10.0. The van der Waals surface area contributed by atoms with Gasteiger partial charge in [-0.1, -0.05) is 13.3 Å². The largest absolute Gasteiger partial charge is 0.381 e. The van der Waals surface area contributed by atoms with Crippen molar-refractivity contribution in [1.82, 2.24) is 9.80 Å². The number of carbonyl (C=O) groups excluding carboxylic acids is 1. The summed E-state index contributed by atoms with van der Waals surface area (Å²) in [5.74, 6) is 0.835. The first-order chi connectivity index (χ1) is 11.1. The van der Waals surface area contributed by atoms with Crippen molar-refractivity contribution in [3.8, 4) is 0 Å². The minimum Gasteiger partial charge on any atom is -0.381 e. The Hall–Kier alpha value is -0.650. The number of rotatable bonds is 8. The average molecular weight is 326 g/mol. The van der Waals surface area contributed by atoms with Crippen LogP contribution in [-0.2, 0) is 14.3 Å². The van der Waals surface area contributed by atoms with Crippen molar-refractivity contribution < 1.29 is 14.3 Å². The van der Waals surface area contributed by atoms with E-state index in [1.807, 2.05) is 18.9 Å². The maximum atomic E-state index is 12.5. The Morgan fingerprint density at radius 2 is 2.09 bits per heavy atom. The molecule has 0 spiro atoms. The van der Waals surface area contributed by atoms with Crippen molar-refractivity contribution in [3.63, 3.8) is 0 Å². The summed E-state index contributed by atoms with van der Waals surface area (Å²) in [6.07, 6.45) is 5.13. The maximum absolute atomic E-state index is 12.5. The topological polar surface area (TPSA) is 42.0 Å². The molecule has 2 aliphatic rings. The van der Waals surface area contributed by atoms with Gasteiger partial charge in [-0.3, -0.25) is 4.79 Å². The second-order valence-electron chi connectivity index (χ2n) is 7.08. The zero-order chi connectivity index (χ0) is 16.7. The molecule has 2 rings (SSSR count). The van der Waals surface area contributed by atoms with Gasteiger partial charge in [-0.05, 0) is 38.5 Å². The highest BCUT2D eigenvalue weighted by molar-refractivity contribution is 5.80. The fourth-order valence-corrected chi connectivity index (χ4v) is 3.52. The molecular formula is C18H34N2O3. The fraction of sp³-hybridized carbons (Fsp3) is 0.944. The standard InChI is InChI=1S/C18H34N2O3/c1-4-5-11-23-15(2)18(21)19(3)17-6-9-20(10-7-17)13-16-8-12-22-14-16/h15-17H,4-14H2,1-3H3/t15-,16-/m0/s1. The Morgan fingerprint density at radius 3 is 2.70 bits per heavy atom. The van der Waals surface area contributed by atoms with Crippen LogP contribution in [0.1, 0.15) is 46.0 Å². The highest BCUT2D eigenvalue weighted by Crippen LogP contribution is 2.20. The smallest absolute Gasteiger partial charge is 0.251 e. The zero-order valence-electron chi connectivity index (χ0n) is 15.1. The molecule has 0 bridgehead atoms. The predicted molar refractivity (Wildman–Crippen MR) is 91.5 cm³/mol. The van der Waals surface area contributed by atoms with Gasteiger partial charge in [0.1, 0.15) is 6.10 Å². The summed E-state index contributed by atoms with van der Waals surface area (Å²) in [6.45, 7) is 9.87. The monoisotopic (exact) mass is 326 g/mol. The molecule has 0 aromatic heterocycles. The van der Waals surface area contributed by atoms with E-state index in [2.05, 4.69) is 11.8 Å². The number of likely N-dealkylation sites (N-methyl/N-ethyl adjacent to an activating group) is 1. The summed E-state index contributed by atoms with van der Waals surface area (Å²) in [6, 6.07) is 0.357. The van der Waals surface area contributed by atoms with Crippen molar-refractivity contribution in [1.29, 1.82) is 0 Å². The first-order valence-corrected chi connectivity index (χ1v) is 9.30. The summed E-state index contributed by atoms with van der Waals surface area (Å²) in [7, 11) is 1.94. The van der Waals surface area contributed by atoms with Gasteiger partial charge in [-0.15, -0.1) is 0 Å². The molecular weight excluding hydrogens is 292 g/mol. The number of hydrogen-bond donors (Lipinski definition) is 0. The summed E-state index contributed by atoms with van der Waals surface area (Å²) < 4.78 is 11.1. The van der Waals surface area contributed by atoms with Crippen LogP contribution in [0.3, 0.4) is 0 Å². The van der Waals surface area contributed by atoms with Crippen LogP contribution >= 0.6 is 0 Å². The molecule has 2 heterocycles. The van der Waals surface area contributed by atoms with Crippen LogP contribution in [0.4, 0.5) is 0 Å². The third-order valence-electron chi connectivity index (χ3n) is 5.21. The van der Waals surface area contributed by atoms with E-state index in [0.29, 0.717) is 18.6 Å². The molecule has 0 saturated carbocycles. The number of nitrogens with zero attached hydrogens (tertiary/aromatic N) is 2. The van der Waals surface area contributed by atoms with Crippen LogP contribution in [0.5, 0.6) is 0 Å². The summed E-state index contributed by atoms with van der Waals surface area (Å²) in [5, 5.41) is 0. The normalized spacial score (nSPS) is 24.7. The van der Waals surface area contributed by atoms with Gasteiger partial charge < -0.3 is 19.3 Å². The number of carbonyl (C=O) groups is 1. The number of ether oxygens (including phenoxy) is 2. The lowest BCUT2D eigenvalue weighted by Crippen LogP contribution is -2.49. The Balaban J connectivity index is 1.69. The third kappa shape index (κ3) is 5.73. The van der Waals surface area contributed by atoms with Gasteiger partial charge in [0.05, 0.1) is 6.61 Å². The van der Waals surface area contributed by atoms with Crippen molar-refractivity contribution in [2.45, 2.75) is 58.1 Å². The number of amides is 1. The SMILES string of the molecule is CCCCO[C@@H](C)C(=O)N(C)C1CCN(C[C@@H]2CCOC2)CC1. The van der Waals surface area contributed by atoms with Gasteiger partial charge in [-0.2, -0.15) is 0 Å². The summed E-state index contributed by atoms with van der Waals surface area (Å²) in [5.41, 5.74) is 0. The van der Waals surface area contributed by atoms with E-state index in [9.17, 15) is 4.79 Å². The van der Waals surface area contributed by atoms with E-state index in [0.717, 1.165) is 58.5 Å². The Morgan fingerprint density at radius 1 is 1.35 bits per heavy atom. The van der Waals surface area contributed by atoms with E-state index in [1.165, 1.54) is 6.42 Å². The number of likely N-dealkylation sites (tertiary alicyclic amines) is 1. The molecule has 2 atom stereocenters. The van der Waals surface area contributed by atoms with E-state index in [1.54, 1.807) is 0 Å². The van der Waals surface area contributed by atoms with Crippen molar-refractivity contribution in [3.05, 3.63) is 0 Å². The Labute approximate surface area is 141 Å². The van der Waals surface area contributed by atoms with Gasteiger partial charge in [0.15, 0.2) is 0 Å². The van der Waals surface area contributed by atoms with Gasteiger partial charge in [0, 0.05) is 45.9 Å². The van der Waals surface area contributed by atoms with E-state index < -0.39 is 0 Å². The molecule has 5 nitrogen and oxygen atoms in total. The third-order valence-corrected chi connectivity index (χ3v) is 5.21. The van der Waals surface area contributed by atoms with Gasteiger partial charge in [-0.25, -0.2) is 0 Å².